The number of amides is 6. The summed E-state index contributed by atoms with van der Waals surface area (Å²) in [5, 5.41) is 45.4. The molecule has 0 aliphatic carbocycles. The molecule has 0 spiro atoms. The van der Waals surface area contributed by atoms with Crippen LogP contribution in [-0.4, -0.2) is 101 Å². The van der Waals surface area contributed by atoms with E-state index in [9.17, 15) is 43.9 Å². The SMILES string of the molecule is CCCC[C@H](NC(=O)[C@H](CCC(N)=O)NC(=O)[C@H](CO)NC(=O)C[C@H](Cc1ccc2ccccc2c1)NC(=O)CCCCCN)C(=O)N[C@H](Cc1ccccc1)B(O)O. The Hall–Kier alpha value is -5.36. The second kappa shape index (κ2) is 25.9. The topological polar surface area (TPSA) is 275 Å². The molecule has 0 unspecified atom stereocenters. The van der Waals surface area contributed by atoms with Crippen molar-refractivity contribution in [3.8, 4) is 0 Å². The van der Waals surface area contributed by atoms with E-state index in [0.717, 1.165) is 34.7 Å². The van der Waals surface area contributed by atoms with E-state index in [1.807, 2.05) is 49.4 Å². The van der Waals surface area contributed by atoms with Gasteiger partial charge in [-0.2, -0.15) is 0 Å². The fourth-order valence-electron chi connectivity index (χ4n) is 6.56. The fourth-order valence-corrected chi connectivity index (χ4v) is 6.56. The number of primary amides is 1. The van der Waals surface area contributed by atoms with Gasteiger partial charge >= 0.3 is 7.12 Å². The fraction of sp³-hybridized carbons (Fsp3) is 0.476. The van der Waals surface area contributed by atoms with E-state index in [0.29, 0.717) is 32.2 Å². The minimum atomic E-state index is -1.91. The first kappa shape index (κ1) is 48.0. The van der Waals surface area contributed by atoms with Crippen molar-refractivity contribution < 1.29 is 43.9 Å². The highest BCUT2D eigenvalue weighted by Crippen LogP contribution is 2.18. The van der Waals surface area contributed by atoms with Gasteiger partial charge in [0.2, 0.25) is 35.4 Å². The molecule has 17 heteroatoms. The molecule has 0 bridgehead atoms. The van der Waals surface area contributed by atoms with E-state index in [2.05, 4.69) is 26.6 Å². The van der Waals surface area contributed by atoms with Crippen LogP contribution in [0.4, 0.5) is 0 Å². The number of rotatable bonds is 27. The average molecular weight is 818 g/mol. The summed E-state index contributed by atoms with van der Waals surface area (Å²) >= 11 is 0. The van der Waals surface area contributed by atoms with Crippen LogP contribution in [0.25, 0.3) is 10.8 Å². The van der Waals surface area contributed by atoms with Gasteiger partial charge in [-0.1, -0.05) is 99.0 Å². The average Bonchev–Trinajstić information content (AvgIpc) is 3.21. The highest BCUT2D eigenvalue weighted by Gasteiger charge is 2.33. The zero-order valence-corrected chi connectivity index (χ0v) is 33.7. The van der Waals surface area contributed by atoms with Crippen molar-refractivity contribution in [2.75, 3.05) is 13.2 Å². The normalized spacial score (nSPS) is 13.6. The molecule has 59 heavy (non-hydrogen) atoms. The summed E-state index contributed by atoms with van der Waals surface area (Å²) in [5.41, 5.74) is 12.5. The van der Waals surface area contributed by atoms with Gasteiger partial charge in [0.05, 0.1) is 12.5 Å². The minimum Gasteiger partial charge on any atom is -0.426 e. The molecule has 0 saturated carbocycles. The molecule has 0 heterocycles. The summed E-state index contributed by atoms with van der Waals surface area (Å²) in [7, 11) is -1.91. The zero-order valence-electron chi connectivity index (χ0n) is 33.7. The van der Waals surface area contributed by atoms with Crippen LogP contribution < -0.4 is 38.1 Å². The number of carbonyl (C=O) groups is 6. The van der Waals surface area contributed by atoms with Crippen molar-refractivity contribution >= 4 is 53.3 Å². The van der Waals surface area contributed by atoms with Crippen LogP contribution in [0.2, 0.25) is 0 Å². The first-order valence-corrected chi connectivity index (χ1v) is 20.3. The number of aliphatic hydroxyl groups is 1. The van der Waals surface area contributed by atoms with Crippen molar-refractivity contribution in [1.82, 2.24) is 26.6 Å². The molecule has 0 aliphatic heterocycles. The smallest absolute Gasteiger partial charge is 0.426 e. The maximum absolute atomic E-state index is 13.7. The van der Waals surface area contributed by atoms with Gasteiger partial charge in [0, 0.05) is 25.3 Å². The van der Waals surface area contributed by atoms with Gasteiger partial charge in [-0.25, -0.2) is 0 Å². The molecule has 0 aromatic heterocycles. The van der Waals surface area contributed by atoms with Crippen LogP contribution in [-0.2, 0) is 41.6 Å². The zero-order chi connectivity index (χ0) is 43.2. The number of benzene rings is 3. The highest BCUT2D eigenvalue weighted by molar-refractivity contribution is 6.43. The third-order valence-corrected chi connectivity index (χ3v) is 9.81. The Morgan fingerprint density at radius 1 is 0.644 bits per heavy atom. The van der Waals surface area contributed by atoms with Gasteiger partial charge in [-0.3, -0.25) is 28.8 Å². The predicted octanol–water partition coefficient (Wildman–Crippen LogP) is 0.418. The summed E-state index contributed by atoms with van der Waals surface area (Å²) in [6.45, 7) is 1.56. The lowest BCUT2D eigenvalue weighted by Gasteiger charge is -2.26. The van der Waals surface area contributed by atoms with Crippen LogP contribution in [0.1, 0.15) is 82.3 Å². The van der Waals surface area contributed by atoms with E-state index >= 15 is 0 Å². The number of nitrogens with one attached hydrogen (secondary N) is 5. The summed E-state index contributed by atoms with van der Waals surface area (Å²) in [4.78, 5) is 78.7. The van der Waals surface area contributed by atoms with Crippen molar-refractivity contribution in [3.63, 3.8) is 0 Å². The van der Waals surface area contributed by atoms with E-state index in [4.69, 9.17) is 11.5 Å². The van der Waals surface area contributed by atoms with Gasteiger partial charge in [0.1, 0.15) is 18.1 Å². The summed E-state index contributed by atoms with van der Waals surface area (Å²) in [6, 6.07) is 17.7. The third kappa shape index (κ3) is 17.6. The molecule has 5 atom stereocenters. The van der Waals surface area contributed by atoms with Crippen LogP contribution in [0, 0.1) is 0 Å². The Bertz CT molecular complexity index is 1820. The Morgan fingerprint density at radius 3 is 1.93 bits per heavy atom. The third-order valence-electron chi connectivity index (χ3n) is 9.81. The second-order valence-corrected chi connectivity index (χ2v) is 14.7. The van der Waals surface area contributed by atoms with E-state index < -0.39 is 73.4 Å². The number of hydrogen-bond acceptors (Lipinski definition) is 10. The molecule has 0 aliphatic rings. The first-order chi connectivity index (χ1) is 28.3. The minimum absolute atomic E-state index is 0.0933. The molecular weight excluding hydrogens is 757 g/mol. The Labute approximate surface area is 345 Å². The van der Waals surface area contributed by atoms with Crippen molar-refractivity contribution in [2.45, 2.75) is 114 Å². The van der Waals surface area contributed by atoms with Crippen LogP contribution in [0.3, 0.4) is 0 Å². The maximum Gasteiger partial charge on any atom is 0.475 e. The van der Waals surface area contributed by atoms with Gasteiger partial charge in [0.15, 0.2) is 0 Å². The number of unbranched alkanes of at least 4 members (excludes halogenated alkanes) is 3. The van der Waals surface area contributed by atoms with Crippen molar-refractivity contribution in [1.29, 1.82) is 0 Å². The monoisotopic (exact) mass is 817 g/mol. The molecular formula is C42H60BN7O9. The molecule has 3 rings (SSSR count). The number of nitrogens with two attached hydrogens (primary N) is 2. The lowest BCUT2D eigenvalue weighted by atomic mass is 9.75. The van der Waals surface area contributed by atoms with Crippen molar-refractivity contribution in [3.05, 3.63) is 83.9 Å². The quantitative estimate of drug-likeness (QED) is 0.0374. The number of carbonyl (C=O) groups excluding carboxylic acids is 6. The molecule has 3 aromatic rings. The van der Waals surface area contributed by atoms with Crippen LogP contribution >= 0.6 is 0 Å². The molecule has 16 nitrogen and oxygen atoms in total. The lowest BCUT2D eigenvalue weighted by Crippen LogP contribution is -2.59. The van der Waals surface area contributed by atoms with Gasteiger partial charge in [0.25, 0.3) is 0 Å². The van der Waals surface area contributed by atoms with E-state index in [-0.39, 0.29) is 44.4 Å². The van der Waals surface area contributed by atoms with Gasteiger partial charge in [-0.05, 0) is 67.0 Å². The largest absolute Gasteiger partial charge is 0.475 e. The standard InChI is InChI=1S/C42H60BN7O9/c1-2-3-16-33(41(56)50-36(43(58)59)25-28-12-6-4-7-13-28)48-40(55)34(20-21-37(45)52)49-42(57)35(27-51)47-39(54)26-32(46-38(53)17-8-5-11-22-44)24-29-18-19-30-14-9-10-15-31(30)23-29/h4,6-7,9-10,12-15,18-19,23,32-36,51,58-59H,2-3,5,8,11,16-17,20-22,24-27,44H2,1H3,(H2,45,52)(H,46,53)(H,47,54)(H,48,55)(H,49,57)(H,50,56)/t32-,33-,34-,35-,36+/m0/s1. The van der Waals surface area contributed by atoms with Gasteiger partial charge < -0.3 is 53.2 Å². The molecule has 12 N–H and O–H groups in total. The Morgan fingerprint density at radius 2 is 1.29 bits per heavy atom. The lowest BCUT2D eigenvalue weighted by molar-refractivity contribution is -0.135. The Balaban J connectivity index is 1.72. The predicted molar refractivity (Wildman–Crippen MR) is 225 cm³/mol. The van der Waals surface area contributed by atoms with Gasteiger partial charge in [-0.15, -0.1) is 0 Å². The number of hydrogen-bond donors (Lipinski definition) is 10. The number of fused-ring (bicyclic) bond motifs is 1. The van der Waals surface area contributed by atoms with E-state index in [1.54, 1.807) is 30.3 Å². The van der Waals surface area contributed by atoms with Crippen LogP contribution in [0.15, 0.2) is 72.8 Å². The number of aliphatic hydroxyl groups excluding tert-OH is 1. The summed E-state index contributed by atoms with van der Waals surface area (Å²) in [5.74, 6) is -5.24. The highest BCUT2D eigenvalue weighted by atomic mass is 16.4. The summed E-state index contributed by atoms with van der Waals surface area (Å²) < 4.78 is 0. The molecule has 3 aromatic carbocycles. The molecule has 0 radical (unpaired) electrons. The Kier molecular flexibility index (Phi) is 21.1. The van der Waals surface area contributed by atoms with Crippen LogP contribution in [0.5, 0.6) is 0 Å². The molecule has 0 fully saturated rings. The molecule has 320 valence electrons. The summed E-state index contributed by atoms with van der Waals surface area (Å²) in [6.07, 6.45) is 3.34. The van der Waals surface area contributed by atoms with Crippen molar-refractivity contribution in [2.24, 2.45) is 11.5 Å². The molecule has 0 saturated heterocycles. The first-order valence-electron chi connectivity index (χ1n) is 20.3. The molecule has 6 amide bonds. The second-order valence-electron chi connectivity index (χ2n) is 14.7. The maximum atomic E-state index is 13.7. The van der Waals surface area contributed by atoms with E-state index in [1.165, 1.54) is 0 Å².